The second-order valence-electron chi connectivity index (χ2n) is 5.38. The van der Waals surface area contributed by atoms with Crippen LogP contribution >= 0.6 is 11.6 Å². The second-order valence-corrected chi connectivity index (χ2v) is 5.78. The van der Waals surface area contributed by atoms with Crippen molar-refractivity contribution in [2.75, 3.05) is 18.5 Å². The van der Waals surface area contributed by atoms with Gasteiger partial charge in [-0.05, 0) is 38.3 Å². The fourth-order valence-corrected chi connectivity index (χ4v) is 2.43. The molecule has 1 aromatic rings. The predicted molar refractivity (Wildman–Crippen MR) is 85.7 cm³/mol. The zero-order valence-corrected chi connectivity index (χ0v) is 13.5. The molecule has 1 aliphatic rings. The van der Waals surface area contributed by atoms with E-state index in [0.29, 0.717) is 12.3 Å². The lowest BCUT2D eigenvalue weighted by Gasteiger charge is -2.23. The Morgan fingerprint density at radius 1 is 1.57 bits per heavy atom. The highest BCUT2D eigenvalue weighted by Crippen LogP contribution is 2.27. The van der Waals surface area contributed by atoms with Crippen LogP contribution in [0.1, 0.15) is 26.2 Å². The lowest BCUT2D eigenvalue weighted by Crippen LogP contribution is -2.32. The van der Waals surface area contributed by atoms with E-state index in [1.165, 1.54) is 18.2 Å². The molecule has 0 saturated carbocycles. The number of carbonyl (C=O) groups is 1. The van der Waals surface area contributed by atoms with Crippen molar-refractivity contribution < 1.29 is 19.2 Å². The summed E-state index contributed by atoms with van der Waals surface area (Å²) < 4.78 is 11.1. The van der Waals surface area contributed by atoms with Crippen LogP contribution < -0.4 is 5.32 Å². The topological polar surface area (TPSA) is 90.7 Å². The first-order valence-electron chi connectivity index (χ1n) is 7.45. The number of nitro benzene ring substituents is 1. The molecule has 7 nitrogen and oxygen atoms in total. The molecule has 0 bridgehead atoms. The Hall–Kier alpha value is -1.70. The lowest BCUT2D eigenvalue weighted by atomic mass is 10.1. The van der Waals surface area contributed by atoms with E-state index in [2.05, 4.69) is 5.32 Å². The highest BCUT2D eigenvalue weighted by Gasteiger charge is 2.20. The average molecular weight is 343 g/mol. The van der Waals surface area contributed by atoms with Gasteiger partial charge in [0, 0.05) is 18.4 Å². The summed E-state index contributed by atoms with van der Waals surface area (Å²) in [6.45, 7) is 2.71. The molecule has 1 aliphatic heterocycles. The van der Waals surface area contributed by atoms with Crippen molar-refractivity contribution in [3.8, 4) is 0 Å². The van der Waals surface area contributed by atoms with Crippen LogP contribution in [0.2, 0.25) is 5.02 Å². The van der Waals surface area contributed by atoms with Gasteiger partial charge in [0.2, 0.25) is 0 Å². The molecule has 1 N–H and O–H groups in total. The monoisotopic (exact) mass is 342 g/mol. The molecule has 0 radical (unpaired) electrons. The van der Waals surface area contributed by atoms with Crippen molar-refractivity contribution in [2.24, 2.45) is 0 Å². The maximum Gasteiger partial charge on any atom is 0.289 e. The number of rotatable bonds is 6. The molecule has 2 atom stereocenters. The normalized spacial score (nSPS) is 19.1. The number of nitro groups is 1. The van der Waals surface area contributed by atoms with E-state index < -0.39 is 11.0 Å². The van der Waals surface area contributed by atoms with E-state index in [4.69, 9.17) is 21.1 Å². The van der Waals surface area contributed by atoms with Gasteiger partial charge >= 0.3 is 0 Å². The standard InChI is InChI=1S/C15H19ClN2O5/c1-10(23-9-12-4-2-3-7-22-12)15(19)17-11-5-6-13(16)14(8-11)18(20)21/h5-6,8,10,12H,2-4,7,9H2,1H3,(H,17,19). The predicted octanol–water partition coefficient (Wildman–Crippen LogP) is 3.16. The van der Waals surface area contributed by atoms with Gasteiger partial charge in [-0.2, -0.15) is 0 Å². The number of ether oxygens (including phenoxy) is 2. The molecule has 2 rings (SSSR count). The third-order valence-electron chi connectivity index (χ3n) is 3.59. The van der Waals surface area contributed by atoms with Gasteiger partial charge in [-0.25, -0.2) is 0 Å². The largest absolute Gasteiger partial charge is 0.376 e. The minimum absolute atomic E-state index is 0.0201. The Labute approximate surface area is 139 Å². The molecule has 1 fully saturated rings. The maximum absolute atomic E-state index is 12.1. The van der Waals surface area contributed by atoms with Gasteiger partial charge in [-0.1, -0.05) is 11.6 Å². The molecule has 1 heterocycles. The van der Waals surface area contributed by atoms with Crippen LogP contribution in [0.25, 0.3) is 0 Å². The maximum atomic E-state index is 12.1. The molecule has 0 aromatic heterocycles. The van der Waals surface area contributed by atoms with Gasteiger partial charge in [0.05, 0.1) is 17.6 Å². The number of anilines is 1. The number of benzene rings is 1. The fourth-order valence-electron chi connectivity index (χ4n) is 2.24. The summed E-state index contributed by atoms with van der Waals surface area (Å²) in [5, 5.41) is 13.4. The molecule has 2 unspecified atom stereocenters. The summed E-state index contributed by atoms with van der Waals surface area (Å²) >= 11 is 5.73. The SMILES string of the molecule is CC(OCC1CCCCO1)C(=O)Nc1ccc(Cl)c([N+](=O)[O-])c1. The first kappa shape index (κ1) is 17.7. The Morgan fingerprint density at radius 2 is 2.35 bits per heavy atom. The van der Waals surface area contributed by atoms with Gasteiger partial charge in [0.15, 0.2) is 0 Å². The third-order valence-corrected chi connectivity index (χ3v) is 3.91. The molecule has 0 spiro atoms. The van der Waals surface area contributed by atoms with Crippen LogP contribution in [0.4, 0.5) is 11.4 Å². The van der Waals surface area contributed by atoms with Crippen LogP contribution in [-0.2, 0) is 14.3 Å². The molecule has 8 heteroatoms. The molecular weight excluding hydrogens is 324 g/mol. The minimum Gasteiger partial charge on any atom is -0.376 e. The number of hydrogen-bond donors (Lipinski definition) is 1. The van der Waals surface area contributed by atoms with E-state index >= 15 is 0 Å². The quantitative estimate of drug-likeness (QED) is 0.633. The number of nitrogens with one attached hydrogen (secondary N) is 1. The van der Waals surface area contributed by atoms with Gasteiger partial charge in [0.1, 0.15) is 11.1 Å². The number of amides is 1. The summed E-state index contributed by atoms with van der Waals surface area (Å²) in [6, 6.07) is 4.10. The smallest absolute Gasteiger partial charge is 0.289 e. The Morgan fingerprint density at radius 3 is 3.00 bits per heavy atom. The van der Waals surface area contributed by atoms with Crippen molar-refractivity contribution >= 4 is 28.9 Å². The molecule has 0 aliphatic carbocycles. The summed E-state index contributed by atoms with van der Waals surface area (Å²) in [7, 11) is 0. The van der Waals surface area contributed by atoms with E-state index in [-0.39, 0.29) is 22.7 Å². The van der Waals surface area contributed by atoms with Crippen LogP contribution in [0, 0.1) is 10.1 Å². The summed E-state index contributed by atoms with van der Waals surface area (Å²) in [6.07, 6.45) is 2.42. The van der Waals surface area contributed by atoms with E-state index in [9.17, 15) is 14.9 Å². The van der Waals surface area contributed by atoms with Crippen LogP contribution in [0.15, 0.2) is 18.2 Å². The third kappa shape index (κ3) is 5.16. The molecule has 126 valence electrons. The lowest BCUT2D eigenvalue weighted by molar-refractivity contribution is -0.384. The zero-order valence-electron chi connectivity index (χ0n) is 12.8. The molecule has 1 saturated heterocycles. The first-order chi connectivity index (χ1) is 11.0. The van der Waals surface area contributed by atoms with Gasteiger partial charge < -0.3 is 14.8 Å². The number of halogens is 1. The van der Waals surface area contributed by atoms with Gasteiger partial charge in [-0.15, -0.1) is 0 Å². The van der Waals surface area contributed by atoms with E-state index in [0.717, 1.165) is 25.9 Å². The van der Waals surface area contributed by atoms with Crippen molar-refractivity contribution in [3.63, 3.8) is 0 Å². The average Bonchev–Trinajstić information content (AvgIpc) is 2.55. The molecule has 23 heavy (non-hydrogen) atoms. The van der Waals surface area contributed by atoms with E-state index in [1.54, 1.807) is 6.92 Å². The van der Waals surface area contributed by atoms with Gasteiger partial charge in [-0.3, -0.25) is 14.9 Å². The Kier molecular flexibility index (Phi) is 6.32. The van der Waals surface area contributed by atoms with Crippen molar-refractivity contribution in [1.29, 1.82) is 0 Å². The molecule has 1 aromatic carbocycles. The van der Waals surface area contributed by atoms with Crippen molar-refractivity contribution in [1.82, 2.24) is 0 Å². The van der Waals surface area contributed by atoms with Crippen LogP contribution in [0.3, 0.4) is 0 Å². The summed E-state index contributed by atoms with van der Waals surface area (Å²) in [5.74, 6) is -0.377. The molecular formula is C15H19ClN2O5. The Bertz CT molecular complexity index is 575. The molecule has 1 amide bonds. The van der Waals surface area contributed by atoms with Gasteiger partial charge in [0.25, 0.3) is 11.6 Å². The number of carbonyl (C=O) groups excluding carboxylic acids is 1. The fraction of sp³-hybridized carbons (Fsp3) is 0.533. The second kappa shape index (κ2) is 8.24. The number of hydrogen-bond acceptors (Lipinski definition) is 5. The highest BCUT2D eigenvalue weighted by molar-refractivity contribution is 6.32. The highest BCUT2D eigenvalue weighted by atomic mass is 35.5. The summed E-state index contributed by atoms with van der Waals surface area (Å²) in [4.78, 5) is 22.3. The van der Waals surface area contributed by atoms with Crippen molar-refractivity contribution in [2.45, 2.75) is 38.4 Å². The minimum atomic E-state index is -0.685. The zero-order chi connectivity index (χ0) is 16.8. The number of nitrogens with zero attached hydrogens (tertiary/aromatic N) is 1. The first-order valence-corrected chi connectivity index (χ1v) is 7.83. The van der Waals surface area contributed by atoms with Crippen molar-refractivity contribution in [3.05, 3.63) is 33.3 Å². The van der Waals surface area contributed by atoms with Crippen LogP contribution in [0.5, 0.6) is 0 Å². The Balaban J connectivity index is 1.87. The summed E-state index contributed by atoms with van der Waals surface area (Å²) in [5.41, 5.74) is 0.0455. The van der Waals surface area contributed by atoms with Crippen LogP contribution in [-0.4, -0.2) is 36.3 Å². The van der Waals surface area contributed by atoms with E-state index in [1.807, 2.05) is 0 Å².